The van der Waals surface area contributed by atoms with E-state index >= 15 is 0 Å². The second kappa shape index (κ2) is 9.26. The SMILES string of the molecule is CC1(C)CCc2sc(C(c3c[nH]c4c(C(=O)O)c(F)c(Cl)cc34)C(C(N)=O)c3ccc(F)cc3)cc2C1. The Hall–Kier alpha value is -3.23. The van der Waals surface area contributed by atoms with E-state index in [0.717, 1.165) is 24.1 Å². The molecule has 0 fully saturated rings. The Morgan fingerprint density at radius 3 is 2.54 bits per heavy atom. The predicted octanol–water partition coefficient (Wildman–Crippen LogP) is 6.78. The monoisotopic (exact) mass is 542 g/mol. The standard InChI is InChI=1S/C28H25ClF2N2O3S/c1-28(2)8-7-19-14(11-28)9-20(37-19)22(21(26(32)34)13-3-5-15(30)6-4-13)17-12-33-25-16(17)10-18(29)24(31)23(25)27(35)36/h3-6,9-10,12,21-22,33H,7-8,11H2,1-2H3,(H2,32,34)(H,35,36). The summed E-state index contributed by atoms with van der Waals surface area (Å²) in [5, 5.41) is 9.73. The number of H-pyrrole nitrogens is 1. The summed E-state index contributed by atoms with van der Waals surface area (Å²) in [6.07, 6.45) is 4.41. The van der Waals surface area contributed by atoms with Gasteiger partial charge in [-0.15, -0.1) is 11.3 Å². The van der Waals surface area contributed by atoms with Crippen molar-refractivity contribution in [3.63, 3.8) is 0 Å². The lowest BCUT2D eigenvalue weighted by atomic mass is 9.76. The predicted molar refractivity (Wildman–Crippen MR) is 141 cm³/mol. The number of fused-ring (bicyclic) bond motifs is 2. The Kier molecular flexibility index (Phi) is 6.36. The van der Waals surface area contributed by atoms with Gasteiger partial charge >= 0.3 is 5.97 Å². The van der Waals surface area contributed by atoms with Crippen LogP contribution in [0.4, 0.5) is 8.78 Å². The van der Waals surface area contributed by atoms with Crippen molar-refractivity contribution in [2.24, 2.45) is 11.1 Å². The molecule has 0 saturated heterocycles. The third kappa shape index (κ3) is 4.53. The number of carboxylic acids is 1. The molecule has 0 spiro atoms. The number of rotatable bonds is 6. The number of primary amides is 1. The largest absolute Gasteiger partial charge is 0.478 e. The molecule has 0 saturated carbocycles. The molecular weight excluding hydrogens is 518 g/mol. The van der Waals surface area contributed by atoms with E-state index in [1.165, 1.54) is 40.8 Å². The van der Waals surface area contributed by atoms with E-state index in [-0.39, 0.29) is 16.0 Å². The molecule has 0 radical (unpaired) electrons. The third-order valence-electron chi connectivity index (χ3n) is 7.24. The highest BCUT2D eigenvalue weighted by Crippen LogP contribution is 2.48. The summed E-state index contributed by atoms with van der Waals surface area (Å²) < 4.78 is 28.5. The summed E-state index contributed by atoms with van der Waals surface area (Å²) in [7, 11) is 0. The van der Waals surface area contributed by atoms with Gasteiger partial charge in [0.05, 0.1) is 16.5 Å². The van der Waals surface area contributed by atoms with Gasteiger partial charge < -0.3 is 15.8 Å². The molecule has 2 atom stereocenters. The van der Waals surface area contributed by atoms with Gasteiger partial charge in [0.15, 0.2) is 5.82 Å². The molecule has 4 N–H and O–H groups in total. The van der Waals surface area contributed by atoms with E-state index in [1.807, 2.05) is 0 Å². The fourth-order valence-electron chi connectivity index (χ4n) is 5.44. The summed E-state index contributed by atoms with van der Waals surface area (Å²) in [6, 6.07) is 9.06. The minimum atomic E-state index is -1.46. The van der Waals surface area contributed by atoms with Crippen molar-refractivity contribution >= 4 is 45.7 Å². The first-order chi connectivity index (χ1) is 17.5. The second-order valence-electron chi connectivity index (χ2n) is 10.4. The Labute approximate surface area is 221 Å². The molecule has 2 aromatic heterocycles. The number of aryl methyl sites for hydroxylation is 1. The quantitative estimate of drug-likeness (QED) is 0.251. The van der Waals surface area contributed by atoms with Crippen LogP contribution in [0.3, 0.4) is 0 Å². The van der Waals surface area contributed by atoms with Crippen molar-refractivity contribution in [3.8, 4) is 0 Å². The van der Waals surface area contributed by atoms with E-state index in [2.05, 4.69) is 24.9 Å². The van der Waals surface area contributed by atoms with Crippen molar-refractivity contribution < 1.29 is 23.5 Å². The number of nitrogens with one attached hydrogen (secondary N) is 1. The highest BCUT2D eigenvalue weighted by atomic mass is 35.5. The number of aromatic nitrogens is 1. The second-order valence-corrected chi connectivity index (χ2v) is 11.9. The summed E-state index contributed by atoms with van der Waals surface area (Å²) in [5.41, 5.74) is 7.90. The van der Waals surface area contributed by atoms with Crippen LogP contribution in [0.1, 0.15) is 68.9 Å². The lowest BCUT2D eigenvalue weighted by Crippen LogP contribution is -2.27. The number of aromatic carboxylic acids is 1. The molecular formula is C28H25ClF2N2O3S. The maximum atomic E-state index is 14.7. The van der Waals surface area contributed by atoms with Gasteiger partial charge in [-0.3, -0.25) is 4.79 Å². The first kappa shape index (κ1) is 25.4. The lowest BCUT2D eigenvalue weighted by molar-refractivity contribution is -0.119. The average molecular weight is 543 g/mol. The average Bonchev–Trinajstić information content (AvgIpc) is 3.41. The van der Waals surface area contributed by atoms with E-state index < -0.39 is 40.9 Å². The van der Waals surface area contributed by atoms with Crippen LogP contribution < -0.4 is 5.73 Å². The molecule has 1 amide bonds. The number of aromatic amines is 1. The van der Waals surface area contributed by atoms with Crippen molar-refractivity contribution in [2.75, 3.05) is 0 Å². The molecule has 2 heterocycles. The Bertz CT molecular complexity index is 1540. The number of nitrogens with two attached hydrogens (primary N) is 1. The molecule has 9 heteroatoms. The van der Waals surface area contributed by atoms with Crippen LogP contribution in [0.15, 0.2) is 42.6 Å². The Morgan fingerprint density at radius 2 is 1.89 bits per heavy atom. The van der Waals surface area contributed by atoms with E-state index in [4.69, 9.17) is 17.3 Å². The van der Waals surface area contributed by atoms with E-state index in [0.29, 0.717) is 16.5 Å². The van der Waals surface area contributed by atoms with Crippen molar-refractivity contribution in [1.82, 2.24) is 4.98 Å². The van der Waals surface area contributed by atoms with E-state index in [9.17, 15) is 23.5 Å². The van der Waals surface area contributed by atoms with Gasteiger partial charge in [0, 0.05) is 27.3 Å². The number of halogens is 3. The van der Waals surface area contributed by atoms with Crippen LogP contribution >= 0.6 is 22.9 Å². The summed E-state index contributed by atoms with van der Waals surface area (Å²) in [5.74, 6) is -5.11. The van der Waals surface area contributed by atoms with E-state index in [1.54, 1.807) is 17.5 Å². The fourth-order valence-corrected chi connectivity index (χ4v) is 6.98. The van der Waals surface area contributed by atoms with Gasteiger partial charge in [-0.1, -0.05) is 37.6 Å². The van der Waals surface area contributed by atoms with Crippen LogP contribution in [0.2, 0.25) is 5.02 Å². The van der Waals surface area contributed by atoms with Gasteiger partial charge in [0.2, 0.25) is 5.91 Å². The number of carboxylic acid groups (broad SMARTS) is 1. The normalized spacial score (nSPS) is 16.4. The summed E-state index contributed by atoms with van der Waals surface area (Å²) >= 11 is 7.72. The van der Waals surface area contributed by atoms with Crippen LogP contribution in [0, 0.1) is 17.0 Å². The molecule has 37 heavy (non-hydrogen) atoms. The zero-order chi connectivity index (χ0) is 26.6. The van der Waals surface area contributed by atoms with Crippen LogP contribution in [-0.2, 0) is 17.6 Å². The number of hydrogen-bond donors (Lipinski definition) is 3. The van der Waals surface area contributed by atoms with Crippen molar-refractivity contribution in [2.45, 2.75) is 44.9 Å². The van der Waals surface area contributed by atoms with Gasteiger partial charge in [-0.2, -0.15) is 0 Å². The van der Waals surface area contributed by atoms with Gasteiger partial charge in [-0.25, -0.2) is 13.6 Å². The Balaban J connectivity index is 1.77. The minimum Gasteiger partial charge on any atom is -0.478 e. The number of thiophene rings is 1. The minimum absolute atomic E-state index is 0.0687. The lowest BCUT2D eigenvalue weighted by Gasteiger charge is -2.29. The zero-order valence-corrected chi connectivity index (χ0v) is 21.8. The Morgan fingerprint density at radius 1 is 1.19 bits per heavy atom. The first-order valence-electron chi connectivity index (χ1n) is 11.9. The molecule has 4 aromatic rings. The number of carbonyl (C=O) groups excluding carboxylic acids is 1. The van der Waals surface area contributed by atoms with Crippen molar-refractivity contribution in [3.05, 3.63) is 91.3 Å². The fraction of sp³-hybridized carbons (Fsp3) is 0.286. The molecule has 2 aromatic carbocycles. The van der Waals surface area contributed by atoms with Gasteiger partial charge in [0.25, 0.3) is 0 Å². The molecule has 5 rings (SSSR count). The van der Waals surface area contributed by atoms with Crippen LogP contribution in [0.25, 0.3) is 10.9 Å². The third-order valence-corrected chi connectivity index (χ3v) is 8.84. The molecule has 1 aliphatic carbocycles. The number of hydrogen-bond acceptors (Lipinski definition) is 3. The van der Waals surface area contributed by atoms with Crippen LogP contribution in [-0.4, -0.2) is 22.0 Å². The van der Waals surface area contributed by atoms with Crippen LogP contribution in [0.5, 0.6) is 0 Å². The maximum Gasteiger partial charge on any atom is 0.340 e. The summed E-state index contributed by atoms with van der Waals surface area (Å²) in [6.45, 7) is 4.44. The smallest absolute Gasteiger partial charge is 0.340 e. The molecule has 0 aliphatic heterocycles. The molecule has 5 nitrogen and oxygen atoms in total. The number of amides is 1. The summed E-state index contributed by atoms with van der Waals surface area (Å²) in [4.78, 5) is 29.9. The number of benzene rings is 2. The molecule has 2 unspecified atom stereocenters. The highest BCUT2D eigenvalue weighted by Gasteiger charge is 2.37. The molecule has 0 bridgehead atoms. The molecule has 1 aliphatic rings. The highest BCUT2D eigenvalue weighted by molar-refractivity contribution is 7.12. The maximum absolute atomic E-state index is 14.7. The first-order valence-corrected chi connectivity index (χ1v) is 13.0. The van der Waals surface area contributed by atoms with Gasteiger partial charge in [-0.05, 0) is 65.6 Å². The molecule has 192 valence electrons. The van der Waals surface area contributed by atoms with Crippen molar-refractivity contribution in [1.29, 1.82) is 0 Å². The van der Waals surface area contributed by atoms with Gasteiger partial charge in [0.1, 0.15) is 11.4 Å². The zero-order valence-electron chi connectivity index (χ0n) is 20.2. The topological polar surface area (TPSA) is 96.2 Å². The number of carbonyl (C=O) groups is 2.